The zero-order chi connectivity index (χ0) is 8.27. The molecule has 0 aromatic carbocycles. The van der Waals surface area contributed by atoms with E-state index in [1.807, 2.05) is 0 Å². The second-order valence-electron chi connectivity index (χ2n) is 3.22. The highest BCUT2D eigenvalue weighted by Crippen LogP contribution is 2.19. The Morgan fingerprint density at radius 3 is 2.64 bits per heavy atom. The molecule has 0 heteroatoms. The van der Waals surface area contributed by atoms with E-state index in [1.54, 1.807) is 0 Å². The van der Waals surface area contributed by atoms with E-state index in [1.165, 1.54) is 29.6 Å². The van der Waals surface area contributed by atoms with Crippen LogP contribution in [-0.2, 0) is 0 Å². The van der Waals surface area contributed by atoms with Crippen LogP contribution in [0.5, 0.6) is 0 Å². The molecule has 60 valence electrons. The molecule has 0 nitrogen and oxygen atoms in total. The third kappa shape index (κ3) is 2.07. The van der Waals surface area contributed by atoms with Crippen LogP contribution in [0.15, 0.2) is 34.9 Å². The van der Waals surface area contributed by atoms with Crippen LogP contribution in [0, 0.1) is 0 Å². The largest absolute Gasteiger partial charge is 0.0842 e. The summed E-state index contributed by atoms with van der Waals surface area (Å²) in [6, 6.07) is 0. The van der Waals surface area contributed by atoms with Crippen molar-refractivity contribution < 1.29 is 0 Å². The average molecular weight is 148 g/mol. The highest BCUT2D eigenvalue weighted by molar-refractivity contribution is 5.35. The Balaban J connectivity index is 2.95. The molecule has 0 aromatic rings. The number of allylic oxidation sites excluding steroid dienone is 6. The van der Waals surface area contributed by atoms with Crippen molar-refractivity contribution in [2.24, 2.45) is 0 Å². The Morgan fingerprint density at radius 2 is 1.91 bits per heavy atom. The fraction of sp³-hybridized carbons (Fsp3) is 0.455. The predicted octanol–water partition coefficient (Wildman–Crippen LogP) is 3.62. The van der Waals surface area contributed by atoms with Crippen LogP contribution in [0.1, 0.15) is 33.6 Å². The summed E-state index contributed by atoms with van der Waals surface area (Å²) in [7, 11) is 0. The standard InChI is InChI=1S/C11H16/c1-9-7-5-4-6-8-10(2)11(9)3/h4-5,7H,6,8H2,1-3H3/b5-4-,9-7?,11-10?. The van der Waals surface area contributed by atoms with Crippen molar-refractivity contribution in [3.05, 3.63) is 34.9 Å². The van der Waals surface area contributed by atoms with E-state index in [4.69, 9.17) is 0 Å². The van der Waals surface area contributed by atoms with Gasteiger partial charge >= 0.3 is 0 Å². The topological polar surface area (TPSA) is 0 Å². The van der Waals surface area contributed by atoms with Crippen molar-refractivity contribution in [2.45, 2.75) is 33.6 Å². The molecule has 1 aliphatic rings. The van der Waals surface area contributed by atoms with E-state index >= 15 is 0 Å². The van der Waals surface area contributed by atoms with Gasteiger partial charge in [0.2, 0.25) is 0 Å². The number of hydrogen-bond acceptors (Lipinski definition) is 0. The van der Waals surface area contributed by atoms with Crippen LogP contribution >= 0.6 is 0 Å². The van der Waals surface area contributed by atoms with Crippen LogP contribution in [0.4, 0.5) is 0 Å². The molecule has 1 rings (SSSR count). The minimum absolute atomic E-state index is 1.19. The summed E-state index contributed by atoms with van der Waals surface area (Å²) in [5.74, 6) is 0. The maximum atomic E-state index is 2.24. The fourth-order valence-electron chi connectivity index (χ4n) is 1.26. The Morgan fingerprint density at radius 1 is 1.18 bits per heavy atom. The van der Waals surface area contributed by atoms with Gasteiger partial charge in [0, 0.05) is 0 Å². The molecule has 1 aliphatic carbocycles. The fourth-order valence-corrected chi connectivity index (χ4v) is 1.26. The molecule has 0 spiro atoms. The second-order valence-corrected chi connectivity index (χ2v) is 3.22. The maximum Gasteiger partial charge on any atom is -0.0282 e. The quantitative estimate of drug-likeness (QED) is 0.492. The molecular formula is C11H16. The molecule has 0 heterocycles. The monoisotopic (exact) mass is 148 g/mol. The van der Waals surface area contributed by atoms with Gasteiger partial charge in [0.05, 0.1) is 0 Å². The predicted molar refractivity (Wildman–Crippen MR) is 50.5 cm³/mol. The molecule has 0 amide bonds. The highest BCUT2D eigenvalue weighted by Gasteiger charge is 1.99. The van der Waals surface area contributed by atoms with Gasteiger partial charge < -0.3 is 0 Å². The summed E-state index contributed by atoms with van der Waals surface area (Å²) in [6.07, 6.45) is 8.99. The maximum absolute atomic E-state index is 2.24. The van der Waals surface area contributed by atoms with Crippen LogP contribution < -0.4 is 0 Å². The number of rotatable bonds is 0. The van der Waals surface area contributed by atoms with Crippen LogP contribution in [-0.4, -0.2) is 0 Å². The highest BCUT2D eigenvalue weighted by atomic mass is 14.1. The molecule has 11 heavy (non-hydrogen) atoms. The Bertz CT molecular complexity index is 226. The van der Waals surface area contributed by atoms with E-state index < -0.39 is 0 Å². The first-order chi connectivity index (χ1) is 5.22. The average Bonchev–Trinajstić information content (AvgIpc) is 2.00. The number of hydrogen-bond donors (Lipinski definition) is 0. The van der Waals surface area contributed by atoms with Gasteiger partial charge in [0.25, 0.3) is 0 Å². The van der Waals surface area contributed by atoms with Crippen molar-refractivity contribution in [1.29, 1.82) is 0 Å². The van der Waals surface area contributed by atoms with Crippen LogP contribution in [0.25, 0.3) is 0 Å². The lowest BCUT2D eigenvalue weighted by Gasteiger charge is -2.08. The van der Waals surface area contributed by atoms with Crippen molar-refractivity contribution in [3.63, 3.8) is 0 Å². The summed E-state index contributed by atoms with van der Waals surface area (Å²) in [6.45, 7) is 6.61. The van der Waals surface area contributed by atoms with Crippen molar-refractivity contribution in [2.75, 3.05) is 0 Å². The van der Waals surface area contributed by atoms with Gasteiger partial charge in [-0.15, -0.1) is 0 Å². The Hall–Kier alpha value is -0.780. The molecule has 0 N–H and O–H groups in total. The van der Waals surface area contributed by atoms with Gasteiger partial charge in [0.1, 0.15) is 0 Å². The summed E-state index contributed by atoms with van der Waals surface area (Å²) in [4.78, 5) is 0. The molecule has 0 fully saturated rings. The minimum atomic E-state index is 1.19. The Kier molecular flexibility index (Phi) is 2.70. The zero-order valence-electron chi connectivity index (χ0n) is 7.65. The third-order valence-corrected chi connectivity index (χ3v) is 2.40. The van der Waals surface area contributed by atoms with Gasteiger partial charge in [0.15, 0.2) is 0 Å². The van der Waals surface area contributed by atoms with Gasteiger partial charge in [-0.1, -0.05) is 23.8 Å². The molecular weight excluding hydrogens is 132 g/mol. The van der Waals surface area contributed by atoms with E-state index in [-0.39, 0.29) is 0 Å². The molecule has 0 bridgehead atoms. The summed E-state index contributed by atoms with van der Waals surface area (Å²) < 4.78 is 0. The summed E-state index contributed by atoms with van der Waals surface area (Å²) in [5.41, 5.74) is 4.40. The minimum Gasteiger partial charge on any atom is -0.0842 e. The van der Waals surface area contributed by atoms with Gasteiger partial charge in [-0.2, -0.15) is 0 Å². The second kappa shape index (κ2) is 3.56. The third-order valence-electron chi connectivity index (χ3n) is 2.40. The van der Waals surface area contributed by atoms with Gasteiger partial charge in [-0.25, -0.2) is 0 Å². The van der Waals surface area contributed by atoms with Gasteiger partial charge in [-0.3, -0.25) is 0 Å². The normalized spacial score (nSPS) is 22.3. The van der Waals surface area contributed by atoms with Crippen LogP contribution in [0.2, 0.25) is 0 Å². The molecule has 0 unspecified atom stereocenters. The van der Waals surface area contributed by atoms with Crippen molar-refractivity contribution >= 4 is 0 Å². The van der Waals surface area contributed by atoms with Crippen molar-refractivity contribution in [3.8, 4) is 0 Å². The molecule has 0 saturated carbocycles. The first kappa shape index (κ1) is 8.32. The molecule has 0 atom stereocenters. The molecule has 0 radical (unpaired) electrons. The lowest BCUT2D eigenvalue weighted by Crippen LogP contribution is -1.88. The molecule has 0 aromatic heterocycles. The zero-order valence-corrected chi connectivity index (χ0v) is 7.65. The summed E-state index contributed by atoms with van der Waals surface area (Å²) in [5, 5.41) is 0. The SMILES string of the molecule is CC1=C/C=C\CCC(C)=C1C. The van der Waals surface area contributed by atoms with Gasteiger partial charge in [-0.05, 0) is 44.8 Å². The lowest BCUT2D eigenvalue weighted by molar-refractivity contribution is 0.951. The van der Waals surface area contributed by atoms with E-state index in [0.29, 0.717) is 0 Å². The Labute approximate surface area is 69.3 Å². The molecule has 0 aliphatic heterocycles. The first-order valence-corrected chi connectivity index (χ1v) is 4.22. The molecule has 0 saturated heterocycles. The van der Waals surface area contributed by atoms with E-state index in [2.05, 4.69) is 39.0 Å². The van der Waals surface area contributed by atoms with E-state index in [9.17, 15) is 0 Å². The van der Waals surface area contributed by atoms with Crippen molar-refractivity contribution in [1.82, 2.24) is 0 Å². The van der Waals surface area contributed by atoms with E-state index in [0.717, 1.165) is 0 Å². The first-order valence-electron chi connectivity index (χ1n) is 4.22. The lowest BCUT2D eigenvalue weighted by atomic mass is 9.98. The van der Waals surface area contributed by atoms with Crippen LogP contribution in [0.3, 0.4) is 0 Å². The smallest absolute Gasteiger partial charge is 0.0282 e. The summed E-state index contributed by atoms with van der Waals surface area (Å²) >= 11 is 0.